The molecule has 2 heterocycles. The Kier molecular flexibility index (Phi) is 11.6. The molecule has 0 bridgehead atoms. The molecule has 0 saturated carbocycles. The quantitative estimate of drug-likeness (QED) is 0.285. The van der Waals surface area contributed by atoms with Gasteiger partial charge in [-0.05, 0) is 18.6 Å². The van der Waals surface area contributed by atoms with Gasteiger partial charge in [-0.15, -0.1) is 0 Å². The van der Waals surface area contributed by atoms with Crippen molar-refractivity contribution in [3.05, 3.63) is 29.8 Å². The molecule has 36 heavy (non-hydrogen) atoms. The molecule has 1 aromatic carbocycles. The van der Waals surface area contributed by atoms with E-state index in [4.69, 9.17) is 9.47 Å². The van der Waals surface area contributed by atoms with E-state index in [-0.39, 0.29) is 24.9 Å². The van der Waals surface area contributed by atoms with E-state index in [0.717, 1.165) is 19.3 Å². The molecule has 0 radical (unpaired) electrons. The number of anilines is 1. The van der Waals surface area contributed by atoms with E-state index in [1.54, 1.807) is 24.3 Å². The molecule has 9 heteroatoms. The largest absolute Gasteiger partial charge is 0.388 e. The van der Waals surface area contributed by atoms with E-state index in [9.17, 15) is 24.9 Å². The van der Waals surface area contributed by atoms with E-state index in [1.807, 2.05) is 0 Å². The van der Waals surface area contributed by atoms with Crippen molar-refractivity contribution in [2.24, 2.45) is 0 Å². The van der Waals surface area contributed by atoms with Gasteiger partial charge in [0.25, 0.3) is 5.91 Å². The third-order valence-corrected chi connectivity index (χ3v) is 6.97. The van der Waals surface area contributed by atoms with Crippen LogP contribution in [0.1, 0.15) is 81.5 Å². The Bertz CT molecular complexity index is 836. The molecule has 2 aliphatic rings. The molecule has 2 amide bonds. The van der Waals surface area contributed by atoms with Gasteiger partial charge in [0.1, 0.15) is 24.4 Å². The predicted octanol–water partition coefficient (Wildman–Crippen LogP) is 2.51. The number of nitrogens with one attached hydrogen (secondary N) is 1. The highest BCUT2D eigenvalue weighted by Gasteiger charge is 2.46. The fourth-order valence-corrected chi connectivity index (χ4v) is 4.84. The molecule has 5 atom stereocenters. The Balaban J connectivity index is 1.49. The summed E-state index contributed by atoms with van der Waals surface area (Å²) in [4.78, 5) is 26.4. The number of carbonyl (C=O) groups is 2. The SMILES string of the molecule is CCCCCCCCCCCCO[C@H]1[C@H](O)[C@@H](CN2C(=O)CNC(=O)c3ccccc32)OC(O)[C@@H]1O. The number of hydrogen-bond acceptors (Lipinski definition) is 7. The van der Waals surface area contributed by atoms with Gasteiger partial charge in [-0.1, -0.05) is 76.8 Å². The third kappa shape index (κ3) is 7.73. The molecule has 0 aromatic heterocycles. The molecule has 1 fully saturated rings. The molecule has 2 aliphatic heterocycles. The number of aliphatic hydroxyl groups is 3. The van der Waals surface area contributed by atoms with Gasteiger partial charge in [-0.25, -0.2) is 0 Å². The first kappa shape index (κ1) is 28.5. The minimum Gasteiger partial charge on any atom is -0.388 e. The highest BCUT2D eigenvalue weighted by molar-refractivity contribution is 6.09. The Hall–Kier alpha value is -2.04. The van der Waals surface area contributed by atoms with Crippen molar-refractivity contribution in [1.29, 1.82) is 0 Å². The van der Waals surface area contributed by atoms with Gasteiger partial charge in [-0.3, -0.25) is 9.59 Å². The number of ether oxygens (including phenoxy) is 2. The number of carbonyl (C=O) groups excluding carboxylic acids is 2. The molecular weight excluding hydrogens is 464 g/mol. The summed E-state index contributed by atoms with van der Waals surface area (Å²) < 4.78 is 11.3. The smallest absolute Gasteiger partial charge is 0.253 e. The molecule has 1 saturated heterocycles. The van der Waals surface area contributed by atoms with Crippen LogP contribution in [0.2, 0.25) is 0 Å². The van der Waals surface area contributed by atoms with Gasteiger partial charge in [-0.2, -0.15) is 0 Å². The number of aliphatic hydroxyl groups excluding tert-OH is 3. The maximum atomic E-state index is 12.7. The molecular formula is C27H42N2O7. The van der Waals surface area contributed by atoms with Crippen molar-refractivity contribution >= 4 is 17.5 Å². The predicted molar refractivity (Wildman–Crippen MR) is 136 cm³/mol. The van der Waals surface area contributed by atoms with E-state index in [1.165, 1.54) is 49.8 Å². The second kappa shape index (κ2) is 14.6. The fraction of sp³-hybridized carbons (Fsp3) is 0.704. The van der Waals surface area contributed by atoms with E-state index >= 15 is 0 Å². The zero-order valence-electron chi connectivity index (χ0n) is 21.3. The number of rotatable bonds is 14. The summed E-state index contributed by atoms with van der Waals surface area (Å²) >= 11 is 0. The van der Waals surface area contributed by atoms with Crippen LogP contribution in [0.25, 0.3) is 0 Å². The van der Waals surface area contributed by atoms with Gasteiger partial charge in [0.15, 0.2) is 6.29 Å². The molecule has 0 spiro atoms. The molecule has 3 rings (SSSR count). The second-order valence-electron chi connectivity index (χ2n) is 9.77. The Morgan fingerprint density at radius 1 is 0.944 bits per heavy atom. The lowest BCUT2D eigenvalue weighted by Crippen LogP contribution is -2.61. The van der Waals surface area contributed by atoms with Crippen LogP contribution in [0.3, 0.4) is 0 Å². The van der Waals surface area contributed by atoms with E-state index in [0.29, 0.717) is 17.9 Å². The van der Waals surface area contributed by atoms with Crippen LogP contribution >= 0.6 is 0 Å². The number of amides is 2. The fourth-order valence-electron chi connectivity index (χ4n) is 4.84. The molecule has 1 aromatic rings. The number of fused-ring (bicyclic) bond motifs is 1. The molecule has 0 aliphatic carbocycles. The first-order valence-electron chi connectivity index (χ1n) is 13.4. The van der Waals surface area contributed by atoms with Gasteiger partial charge < -0.3 is 35.0 Å². The lowest BCUT2D eigenvalue weighted by atomic mass is 9.97. The summed E-state index contributed by atoms with van der Waals surface area (Å²) in [5, 5.41) is 34.1. The minimum atomic E-state index is -1.56. The van der Waals surface area contributed by atoms with Crippen LogP contribution in [0.4, 0.5) is 5.69 Å². The van der Waals surface area contributed by atoms with Gasteiger partial charge >= 0.3 is 0 Å². The summed E-state index contributed by atoms with van der Waals surface area (Å²) in [5.74, 6) is -0.729. The highest BCUT2D eigenvalue weighted by Crippen LogP contribution is 2.28. The van der Waals surface area contributed by atoms with Gasteiger partial charge in [0, 0.05) is 6.61 Å². The van der Waals surface area contributed by atoms with Crippen LogP contribution in [0, 0.1) is 0 Å². The number of para-hydroxylation sites is 1. The lowest BCUT2D eigenvalue weighted by molar-refractivity contribution is -0.287. The third-order valence-electron chi connectivity index (χ3n) is 6.97. The van der Waals surface area contributed by atoms with Crippen molar-refractivity contribution in [2.45, 2.75) is 102 Å². The summed E-state index contributed by atoms with van der Waals surface area (Å²) in [7, 11) is 0. The first-order chi connectivity index (χ1) is 17.4. The minimum absolute atomic E-state index is 0.103. The standard InChI is InChI=1S/C27H42N2O7/c1-2-3-4-5-6-7-8-9-10-13-16-35-25-23(31)21(36-27(34)24(25)32)18-29-20-15-12-11-14-19(20)26(33)28-17-22(29)30/h11-12,14-15,21,23-25,27,31-32,34H,2-10,13,16-18H2,1H3,(H,28,33)/t21-,23-,24-,25+,27?/m1/s1. The molecule has 9 nitrogen and oxygen atoms in total. The van der Waals surface area contributed by atoms with Crippen molar-refractivity contribution in [1.82, 2.24) is 5.32 Å². The number of unbranched alkanes of at least 4 members (excludes halogenated alkanes) is 9. The maximum absolute atomic E-state index is 12.7. The number of hydrogen-bond donors (Lipinski definition) is 4. The summed E-state index contributed by atoms with van der Waals surface area (Å²) in [6, 6.07) is 6.69. The first-order valence-corrected chi connectivity index (χ1v) is 13.4. The van der Waals surface area contributed by atoms with Crippen LogP contribution in [-0.4, -0.2) is 77.5 Å². The average molecular weight is 507 g/mol. The topological polar surface area (TPSA) is 129 Å². The maximum Gasteiger partial charge on any atom is 0.253 e. The summed E-state index contributed by atoms with van der Waals surface area (Å²) in [5.41, 5.74) is 0.736. The van der Waals surface area contributed by atoms with Crippen molar-refractivity contribution < 1.29 is 34.4 Å². The van der Waals surface area contributed by atoms with Crippen LogP contribution < -0.4 is 10.2 Å². The van der Waals surface area contributed by atoms with Crippen molar-refractivity contribution in [3.8, 4) is 0 Å². The Morgan fingerprint density at radius 3 is 2.28 bits per heavy atom. The molecule has 4 N–H and O–H groups in total. The lowest BCUT2D eigenvalue weighted by Gasteiger charge is -2.42. The van der Waals surface area contributed by atoms with Gasteiger partial charge in [0.05, 0.1) is 24.3 Å². The van der Waals surface area contributed by atoms with Crippen molar-refractivity contribution in [3.63, 3.8) is 0 Å². The Morgan fingerprint density at radius 2 is 1.58 bits per heavy atom. The summed E-state index contributed by atoms with van der Waals surface area (Å²) in [6.45, 7) is 2.27. The number of nitrogens with zero attached hydrogens (tertiary/aromatic N) is 1. The zero-order valence-corrected chi connectivity index (χ0v) is 21.3. The van der Waals surface area contributed by atoms with Crippen LogP contribution in [0.5, 0.6) is 0 Å². The zero-order chi connectivity index (χ0) is 25.9. The molecule has 1 unspecified atom stereocenters. The molecule has 202 valence electrons. The average Bonchev–Trinajstić information content (AvgIpc) is 2.99. The van der Waals surface area contributed by atoms with E-state index in [2.05, 4.69) is 12.2 Å². The Labute approximate surface area is 213 Å². The highest BCUT2D eigenvalue weighted by atomic mass is 16.6. The van der Waals surface area contributed by atoms with E-state index < -0.39 is 30.7 Å². The summed E-state index contributed by atoms with van der Waals surface area (Å²) in [6.07, 6.45) is 5.54. The van der Waals surface area contributed by atoms with Crippen LogP contribution in [0.15, 0.2) is 24.3 Å². The second-order valence-corrected chi connectivity index (χ2v) is 9.77. The van der Waals surface area contributed by atoms with Crippen molar-refractivity contribution in [2.75, 3.05) is 24.6 Å². The monoisotopic (exact) mass is 506 g/mol. The van der Waals surface area contributed by atoms with Crippen LogP contribution in [-0.2, 0) is 14.3 Å². The normalized spacial score (nSPS) is 26.4. The van der Waals surface area contributed by atoms with Gasteiger partial charge in [0.2, 0.25) is 5.91 Å². The number of benzene rings is 1.